The van der Waals surface area contributed by atoms with E-state index in [1.54, 1.807) is 36.4 Å². The van der Waals surface area contributed by atoms with Crippen molar-refractivity contribution in [3.05, 3.63) is 54.1 Å². The Labute approximate surface area is 201 Å². The number of carbonyl (C=O) groups is 2. The molecule has 0 bridgehead atoms. The van der Waals surface area contributed by atoms with E-state index in [-0.39, 0.29) is 10.8 Å². The van der Waals surface area contributed by atoms with Gasteiger partial charge in [0.15, 0.2) is 0 Å². The number of nitrogens with one attached hydrogen (secondary N) is 2. The lowest BCUT2D eigenvalue weighted by Gasteiger charge is -2.31. The van der Waals surface area contributed by atoms with E-state index < -0.39 is 27.9 Å². The molecule has 0 aromatic heterocycles. The van der Waals surface area contributed by atoms with Crippen molar-refractivity contribution in [1.29, 1.82) is 0 Å². The van der Waals surface area contributed by atoms with Crippen molar-refractivity contribution in [1.82, 2.24) is 14.5 Å². The fourth-order valence-electron chi connectivity index (χ4n) is 3.72. The van der Waals surface area contributed by atoms with E-state index in [0.29, 0.717) is 43.2 Å². The Kier molecular flexibility index (Phi) is 8.29. The van der Waals surface area contributed by atoms with Crippen molar-refractivity contribution in [2.45, 2.75) is 24.8 Å². The number of benzene rings is 2. The molecule has 2 amide bonds. The van der Waals surface area contributed by atoms with Crippen LogP contribution in [0.1, 0.15) is 24.2 Å². The number of methoxy groups -OCH3 is 1. The van der Waals surface area contributed by atoms with Gasteiger partial charge in [-0.15, -0.1) is 0 Å². The molecule has 34 heavy (non-hydrogen) atoms. The zero-order chi connectivity index (χ0) is 24.9. The largest absolute Gasteiger partial charge is 0.496 e. The highest BCUT2D eigenvalue weighted by Gasteiger charge is 2.29. The molecule has 1 fully saturated rings. The van der Waals surface area contributed by atoms with Gasteiger partial charge in [0.05, 0.1) is 17.6 Å². The molecule has 0 spiro atoms. The van der Waals surface area contributed by atoms with Crippen LogP contribution in [0.4, 0.5) is 5.69 Å². The summed E-state index contributed by atoms with van der Waals surface area (Å²) in [6.45, 7) is 5.80. The van der Waals surface area contributed by atoms with Gasteiger partial charge in [-0.25, -0.2) is 8.42 Å². The van der Waals surface area contributed by atoms with Crippen LogP contribution in [0, 0.1) is 5.92 Å². The predicted molar refractivity (Wildman–Crippen MR) is 130 cm³/mol. The Hall–Kier alpha value is -2.95. The SMILES string of the molecule is COc1ccccc1C(=O)NC(C(=O)Nc1cccc(S(=O)(=O)N2CCN(C)CC2)c1)C(C)C. The van der Waals surface area contributed by atoms with Crippen molar-refractivity contribution in [2.75, 3.05) is 45.7 Å². The first kappa shape index (κ1) is 25.7. The fraction of sp³-hybridized carbons (Fsp3) is 0.417. The second kappa shape index (κ2) is 11.0. The lowest BCUT2D eigenvalue weighted by molar-refractivity contribution is -0.118. The number of amides is 2. The van der Waals surface area contributed by atoms with Crippen LogP contribution in [-0.2, 0) is 14.8 Å². The molecule has 3 rings (SSSR count). The van der Waals surface area contributed by atoms with Gasteiger partial charge >= 0.3 is 0 Å². The van der Waals surface area contributed by atoms with Crippen molar-refractivity contribution < 1.29 is 22.7 Å². The zero-order valence-corrected chi connectivity index (χ0v) is 20.8. The maximum absolute atomic E-state index is 13.1. The normalized spacial score (nSPS) is 16.1. The van der Waals surface area contributed by atoms with Crippen molar-refractivity contribution in [2.24, 2.45) is 5.92 Å². The Morgan fingerprint density at radius 1 is 1.00 bits per heavy atom. The first-order valence-corrected chi connectivity index (χ1v) is 12.6. The first-order valence-electron chi connectivity index (χ1n) is 11.2. The van der Waals surface area contributed by atoms with Crippen LogP contribution >= 0.6 is 0 Å². The second-order valence-corrected chi connectivity index (χ2v) is 10.6. The molecule has 184 valence electrons. The Morgan fingerprint density at radius 3 is 2.32 bits per heavy atom. The number of para-hydroxylation sites is 1. The molecule has 2 aromatic carbocycles. The third-order valence-electron chi connectivity index (χ3n) is 5.79. The Balaban J connectivity index is 1.75. The highest BCUT2D eigenvalue weighted by molar-refractivity contribution is 7.89. The number of likely N-dealkylation sites (N-methyl/N-ethyl adjacent to an activating group) is 1. The molecule has 0 aliphatic carbocycles. The van der Waals surface area contributed by atoms with E-state index in [0.717, 1.165) is 0 Å². The number of rotatable bonds is 8. The number of nitrogens with zero attached hydrogens (tertiary/aromatic N) is 2. The first-order chi connectivity index (χ1) is 16.1. The van der Waals surface area contributed by atoms with E-state index in [4.69, 9.17) is 4.74 Å². The topological polar surface area (TPSA) is 108 Å². The van der Waals surface area contributed by atoms with E-state index in [2.05, 4.69) is 15.5 Å². The molecule has 1 atom stereocenters. The minimum atomic E-state index is -3.67. The Bertz CT molecular complexity index is 1130. The monoisotopic (exact) mass is 488 g/mol. The summed E-state index contributed by atoms with van der Waals surface area (Å²) < 4.78 is 32.8. The summed E-state index contributed by atoms with van der Waals surface area (Å²) in [6.07, 6.45) is 0. The van der Waals surface area contributed by atoms with Crippen LogP contribution in [0.2, 0.25) is 0 Å². The number of hydrogen-bond acceptors (Lipinski definition) is 6. The summed E-state index contributed by atoms with van der Waals surface area (Å²) in [5.74, 6) is -0.675. The third-order valence-corrected chi connectivity index (χ3v) is 7.68. The Morgan fingerprint density at radius 2 is 1.68 bits per heavy atom. The summed E-state index contributed by atoms with van der Waals surface area (Å²) in [5, 5.41) is 5.52. The van der Waals surface area contributed by atoms with Gasteiger partial charge in [-0.2, -0.15) is 4.31 Å². The van der Waals surface area contributed by atoms with Crippen molar-refractivity contribution in [3.8, 4) is 5.75 Å². The summed E-state index contributed by atoms with van der Waals surface area (Å²) in [7, 11) is -0.241. The third kappa shape index (κ3) is 5.94. The minimum absolute atomic E-state index is 0.119. The van der Waals surface area contributed by atoms with E-state index in [9.17, 15) is 18.0 Å². The second-order valence-electron chi connectivity index (χ2n) is 8.62. The van der Waals surface area contributed by atoms with Crippen LogP contribution in [0.25, 0.3) is 0 Å². The highest BCUT2D eigenvalue weighted by atomic mass is 32.2. The van der Waals surface area contributed by atoms with Crippen LogP contribution in [-0.4, -0.2) is 75.8 Å². The minimum Gasteiger partial charge on any atom is -0.496 e. The maximum atomic E-state index is 13.1. The molecule has 2 aromatic rings. The number of carbonyl (C=O) groups excluding carboxylic acids is 2. The number of ether oxygens (including phenoxy) is 1. The lowest BCUT2D eigenvalue weighted by Crippen LogP contribution is -2.47. The number of sulfonamides is 1. The molecule has 1 unspecified atom stereocenters. The molecule has 2 N–H and O–H groups in total. The van der Waals surface area contributed by atoms with Crippen LogP contribution < -0.4 is 15.4 Å². The molecular weight excluding hydrogens is 456 g/mol. The van der Waals surface area contributed by atoms with Gasteiger partial charge < -0.3 is 20.3 Å². The molecule has 9 nitrogen and oxygen atoms in total. The van der Waals surface area contributed by atoms with Gasteiger partial charge in [0.1, 0.15) is 11.8 Å². The van der Waals surface area contributed by atoms with E-state index >= 15 is 0 Å². The number of anilines is 1. The summed E-state index contributed by atoms with van der Waals surface area (Å²) in [5.41, 5.74) is 0.668. The average molecular weight is 489 g/mol. The smallest absolute Gasteiger partial charge is 0.255 e. The zero-order valence-electron chi connectivity index (χ0n) is 19.9. The van der Waals surface area contributed by atoms with Gasteiger partial charge in [0, 0.05) is 31.9 Å². The number of hydrogen-bond donors (Lipinski definition) is 2. The lowest BCUT2D eigenvalue weighted by atomic mass is 10.0. The molecule has 1 saturated heterocycles. The molecule has 1 aliphatic rings. The molecule has 1 aliphatic heterocycles. The summed E-state index contributed by atoms with van der Waals surface area (Å²) >= 11 is 0. The molecule has 1 heterocycles. The van der Waals surface area contributed by atoms with Crippen molar-refractivity contribution >= 4 is 27.5 Å². The van der Waals surface area contributed by atoms with E-state index in [1.165, 1.54) is 23.5 Å². The van der Waals surface area contributed by atoms with Crippen LogP contribution in [0.15, 0.2) is 53.4 Å². The molecule has 10 heteroatoms. The molecular formula is C24H32N4O5S. The summed E-state index contributed by atoms with van der Waals surface area (Å²) in [4.78, 5) is 28.1. The molecule has 0 radical (unpaired) electrons. The number of piperazine rings is 1. The highest BCUT2D eigenvalue weighted by Crippen LogP contribution is 2.22. The van der Waals surface area contributed by atoms with Gasteiger partial charge in [-0.05, 0) is 43.3 Å². The molecule has 0 saturated carbocycles. The quantitative estimate of drug-likeness (QED) is 0.589. The standard InChI is InChI=1S/C24H32N4O5S/c1-17(2)22(26-23(29)20-10-5-6-11-21(20)33-4)24(30)25-18-8-7-9-19(16-18)34(31,32)28-14-12-27(3)13-15-28/h5-11,16-17,22H,12-15H2,1-4H3,(H,25,30)(H,26,29). The van der Waals surface area contributed by atoms with Gasteiger partial charge in [0.2, 0.25) is 15.9 Å². The van der Waals surface area contributed by atoms with Gasteiger partial charge in [-0.1, -0.05) is 32.0 Å². The van der Waals surface area contributed by atoms with Gasteiger partial charge in [-0.3, -0.25) is 9.59 Å². The van der Waals surface area contributed by atoms with Crippen LogP contribution in [0.5, 0.6) is 5.75 Å². The maximum Gasteiger partial charge on any atom is 0.255 e. The van der Waals surface area contributed by atoms with Gasteiger partial charge in [0.25, 0.3) is 5.91 Å². The van der Waals surface area contributed by atoms with Crippen LogP contribution in [0.3, 0.4) is 0 Å². The fourth-order valence-corrected chi connectivity index (χ4v) is 5.19. The van der Waals surface area contributed by atoms with Crippen molar-refractivity contribution in [3.63, 3.8) is 0 Å². The predicted octanol–water partition coefficient (Wildman–Crippen LogP) is 2.02. The van der Waals surface area contributed by atoms with E-state index in [1.807, 2.05) is 20.9 Å². The average Bonchev–Trinajstić information content (AvgIpc) is 2.82. The summed E-state index contributed by atoms with van der Waals surface area (Å²) in [6, 6.07) is 12.1.